The van der Waals surface area contributed by atoms with Gasteiger partial charge in [0.05, 0.1) is 6.61 Å². The highest BCUT2D eigenvalue weighted by Gasteiger charge is 2.09. The second kappa shape index (κ2) is 6.42. The van der Waals surface area contributed by atoms with Crippen molar-refractivity contribution in [2.24, 2.45) is 0 Å². The van der Waals surface area contributed by atoms with Gasteiger partial charge in [0.1, 0.15) is 11.5 Å². The van der Waals surface area contributed by atoms with Crippen LogP contribution in [-0.4, -0.2) is 19.0 Å². The summed E-state index contributed by atoms with van der Waals surface area (Å²) in [5, 5.41) is 2.22. The first-order valence-corrected chi connectivity index (χ1v) is 5.02. The van der Waals surface area contributed by atoms with E-state index in [0.29, 0.717) is 12.0 Å². The van der Waals surface area contributed by atoms with Crippen molar-refractivity contribution in [3.05, 3.63) is 41.3 Å². The minimum atomic E-state index is -0.663. The van der Waals surface area contributed by atoms with Crippen molar-refractivity contribution in [3.63, 3.8) is 0 Å². The second-order valence-electron chi connectivity index (χ2n) is 3.10. The van der Waals surface area contributed by atoms with E-state index in [-0.39, 0.29) is 12.3 Å². The quantitative estimate of drug-likeness (QED) is 0.479. The molecule has 0 aliphatic heterocycles. The maximum absolute atomic E-state index is 12.9. The Morgan fingerprint density at radius 1 is 1.53 bits per heavy atom. The van der Waals surface area contributed by atoms with E-state index in [0.717, 1.165) is 0 Å². The van der Waals surface area contributed by atoms with Crippen LogP contribution in [0.3, 0.4) is 0 Å². The number of hydrogen-bond donors (Lipinski definition) is 1. The van der Waals surface area contributed by atoms with Crippen LogP contribution in [0.5, 0.6) is 0 Å². The van der Waals surface area contributed by atoms with Gasteiger partial charge < -0.3 is 10.1 Å². The van der Waals surface area contributed by atoms with Crippen LogP contribution < -0.4 is 5.32 Å². The lowest BCUT2D eigenvalue weighted by atomic mass is 10.2. The Labute approximate surface area is 98.1 Å². The van der Waals surface area contributed by atoms with Crippen LogP contribution in [0.1, 0.15) is 12.5 Å². The van der Waals surface area contributed by atoms with Gasteiger partial charge >= 0.3 is 5.97 Å². The molecule has 0 fully saturated rings. The fraction of sp³-hybridized carbons (Fsp3) is 0.167. The van der Waals surface area contributed by atoms with Crippen LogP contribution in [-0.2, 0) is 14.3 Å². The zero-order valence-electron chi connectivity index (χ0n) is 9.27. The Morgan fingerprint density at radius 3 is 2.88 bits per heavy atom. The second-order valence-corrected chi connectivity index (χ2v) is 3.10. The lowest BCUT2D eigenvalue weighted by Gasteiger charge is -2.05. The molecular weight excluding hydrogens is 225 g/mol. The third kappa shape index (κ3) is 4.06. The summed E-state index contributed by atoms with van der Waals surface area (Å²) in [6.45, 7) is 1.85. The van der Waals surface area contributed by atoms with Gasteiger partial charge in [-0.2, -0.15) is 0 Å². The molecule has 0 aliphatic rings. The number of nitrogens with one attached hydrogen (secondary N) is 1. The third-order valence-corrected chi connectivity index (χ3v) is 1.87. The summed E-state index contributed by atoms with van der Waals surface area (Å²) in [5.74, 6) is -1.09. The molecule has 0 saturated carbocycles. The van der Waals surface area contributed by atoms with E-state index in [4.69, 9.17) is 4.74 Å². The smallest absolute Gasteiger partial charge is 0.354 e. The Kier molecular flexibility index (Phi) is 4.87. The predicted molar refractivity (Wildman–Crippen MR) is 60.2 cm³/mol. The fourth-order valence-electron chi connectivity index (χ4n) is 1.19. The van der Waals surface area contributed by atoms with Crippen LogP contribution in [0.15, 0.2) is 30.0 Å². The van der Waals surface area contributed by atoms with Crippen LogP contribution >= 0.6 is 0 Å². The van der Waals surface area contributed by atoms with Gasteiger partial charge in [-0.3, -0.25) is 4.79 Å². The number of carbonyl (C=O) groups is 2. The van der Waals surface area contributed by atoms with E-state index in [1.54, 1.807) is 13.0 Å². The van der Waals surface area contributed by atoms with Crippen molar-refractivity contribution in [1.82, 2.24) is 5.32 Å². The molecule has 1 aromatic rings. The van der Waals surface area contributed by atoms with Crippen molar-refractivity contribution >= 4 is 18.5 Å². The van der Waals surface area contributed by atoms with Gasteiger partial charge in [0.2, 0.25) is 6.41 Å². The van der Waals surface area contributed by atoms with Crippen molar-refractivity contribution < 1.29 is 18.7 Å². The molecule has 1 N–H and O–H groups in total. The third-order valence-electron chi connectivity index (χ3n) is 1.87. The van der Waals surface area contributed by atoms with Crippen LogP contribution in [0.4, 0.5) is 4.39 Å². The van der Waals surface area contributed by atoms with Gasteiger partial charge in [0.15, 0.2) is 0 Å². The van der Waals surface area contributed by atoms with Crippen LogP contribution in [0.25, 0.3) is 6.08 Å². The van der Waals surface area contributed by atoms with Gasteiger partial charge in [0.25, 0.3) is 0 Å². The molecule has 0 bridgehead atoms. The minimum Gasteiger partial charge on any atom is -0.461 e. The molecule has 90 valence electrons. The van der Waals surface area contributed by atoms with E-state index in [9.17, 15) is 14.0 Å². The number of esters is 1. The summed E-state index contributed by atoms with van der Waals surface area (Å²) in [5.41, 5.74) is 0.426. The first-order valence-electron chi connectivity index (χ1n) is 5.02. The van der Waals surface area contributed by atoms with Crippen molar-refractivity contribution in [1.29, 1.82) is 0 Å². The number of carbonyl (C=O) groups excluding carboxylic acids is 2. The summed E-state index contributed by atoms with van der Waals surface area (Å²) < 4.78 is 17.7. The Hall–Kier alpha value is -2.17. The molecule has 0 unspecified atom stereocenters. The zero-order chi connectivity index (χ0) is 12.7. The maximum atomic E-state index is 12.9. The van der Waals surface area contributed by atoms with Gasteiger partial charge in [-0.25, -0.2) is 9.18 Å². The van der Waals surface area contributed by atoms with Crippen molar-refractivity contribution in [2.45, 2.75) is 6.92 Å². The van der Waals surface area contributed by atoms with E-state index in [2.05, 4.69) is 5.32 Å². The molecular formula is C12H12FNO3. The summed E-state index contributed by atoms with van der Waals surface area (Å²) in [6, 6.07) is 5.64. The molecule has 0 atom stereocenters. The first kappa shape index (κ1) is 12.9. The number of ether oxygens (including phenoxy) is 1. The van der Waals surface area contributed by atoms with Gasteiger partial charge in [0, 0.05) is 0 Å². The van der Waals surface area contributed by atoms with E-state index >= 15 is 0 Å². The Bertz CT molecular complexity index is 443. The summed E-state index contributed by atoms with van der Waals surface area (Å²) >= 11 is 0. The monoisotopic (exact) mass is 237 g/mol. The summed E-state index contributed by atoms with van der Waals surface area (Å²) in [7, 11) is 0. The maximum Gasteiger partial charge on any atom is 0.354 e. The fourth-order valence-corrected chi connectivity index (χ4v) is 1.19. The predicted octanol–water partition coefficient (Wildman–Crippen LogP) is 1.48. The number of rotatable bonds is 5. The molecule has 5 heteroatoms. The van der Waals surface area contributed by atoms with Gasteiger partial charge in [-0.15, -0.1) is 0 Å². The molecule has 1 amide bonds. The minimum absolute atomic E-state index is 0.0348. The van der Waals surface area contributed by atoms with Gasteiger partial charge in [-0.1, -0.05) is 12.1 Å². The highest BCUT2D eigenvalue weighted by atomic mass is 19.1. The Balaban J connectivity index is 2.96. The molecule has 0 spiro atoms. The van der Waals surface area contributed by atoms with Crippen LogP contribution in [0, 0.1) is 5.82 Å². The summed E-state index contributed by atoms with van der Waals surface area (Å²) in [4.78, 5) is 21.8. The molecule has 4 nitrogen and oxygen atoms in total. The first-order chi connectivity index (χ1) is 8.17. The lowest BCUT2D eigenvalue weighted by molar-refractivity contribution is -0.139. The SMILES string of the molecule is CCOC(=O)/C(=C\c1cccc(F)c1)NC=O. The standard InChI is InChI=1S/C12H12FNO3/c1-2-17-12(16)11(14-8-15)7-9-4-3-5-10(13)6-9/h3-8H,2H2,1H3,(H,14,15)/b11-7+. The Morgan fingerprint density at radius 2 is 2.29 bits per heavy atom. The van der Waals surface area contributed by atoms with Crippen molar-refractivity contribution in [2.75, 3.05) is 6.61 Å². The highest BCUT2D eigenvalue weighted by molar-refractivity contribution is 5.95. The molecule has 0 saturated heterocycles. The van der Waals surface area contributed by atoms with Crippen molar-refractivity contribution in [3.8, 4) is 0 Å². The number of hydrogen-bond acceptors (Lipinski definition) is 3. The van der Waals surface area contributed by atoms with E-state index in [1.807, 2.05) is 0 Å². The molecule has 0 radical (unpaired) electrons. The van der Waals surface area contributed by atoms with E-state index in [1.165, 1.54) is 24.3 Å². The van der Waals surface area contributed by atoms with Crippen LogP contribution in [0.2, 0.25) is 0 Å². The average Bonchev–Trinajstić information content (AvgIpc) is 2.29. The molecule has 0 heterocycles. The topological polar surface area (TPSA) is 55.4 Å². The number of halogens is 1. The highest BCUT2D eigenvalue weighted by Crippen LogP contribution is 2.08. The molecule has 0 aromatic heterocycles. The average molecular weight is 237 g/mol. The number of amides is 1. The molecule has 0 aliphatic carbocycles. The largest absolute Gasteiger partial charge is 0.461 e. The normalized spacial score (nSPS) is 10.8. The molecule has 1 rings (SSSR count). The molecule has 1 aromatic carbocycles. The summed E-state index contributed by atoms with van der Waals surface area (Å²) in [6.07, 6.45) is 1.71. The lowest BCUT2D eigenvalue weighted by Crippen LogP contribution is -2.20. The molecule has 17 heavy (non-hydrogen) atoms. The number of benzene rings is 1. The van der Waals surface area contributed by atoms with Gasteiger partial charge in [-0.05, 0) is 30.7 Å². The zero-order valence-corrected chi connectivity index (χ0v) is 9.27. The van der Waals surface area contributed by atoms with E-state index < -0.39 is 11.8 Å².